The van der Waals surface area contributed by atoms with Crippen LogP contribution in [0.5, 0.6) is 5.75 Å². The summed E-state index contributed by atoms with van der Waals surface area (Å²) in [5.41, 5.74) is 3.54. The molecule has 1 amide bonds. The average molecular weight is 409 g/mol. The minimum atomic E-state index is -0.253. The molecule has 8 nitrogen and oxygen atoms in total. The number of amides is 1. The average Bonchev–Trinajstić information content (AvgIpc) is 2.97. The third kappa shape index (κ3) is 3.33. The Balaban J connectivity index is 1.84. The molecular formula is C22H27N5O3. The molecule has 0 spiro atoms. The Bertz CT molecular complexity index is 1160. The lowest BCUT2D eigenvalue weighted by Gasteiger charge is -2.37. The summed E-state index contributed by atoms with van der Waals surface area (Å²) in [5.74, 6) is 0.261. The molecule has 4 rings (SSSR count). The fourth-order valence-corrected chi connectivity index (χ4v) is 4.09. The Morgan fingerprint density at radius 2 is 1.87 bits per heavy atom. The van der Waals surface area contributed by atoms with Gasteiger partial charge in [-0.25, -0.2) is 4.79 Å². The number of nitrogens with one attached hydrogen (secondary N) is 2. The van der Waals surface area contributed by atoms with Crippen LogP contribution in [0.15, 0.2) is 41.2 Å². The predicted molar refractivity (Wildman–Crippen MR) is 119 cm³/mol. The van der Waals surface area contributed by atoms with Crippen molar-refractivity contribution in [2.24, 2.45) is 14.1 Å². The van der Waals surface area contributed by atoms with Crippen LogP contribution in [0.25, 0.3) is 11.0 Å². The predicted octanol–water partition coefficient (Wildman–Crippen LogP) is 1.94. The Labute approximate surface area is 175 Å². The molecule has 1 fully saturated rings. The minimum absolute atomic E-state index is 0.0995. The summed E-state index contributed by atoms with van der Waals surface area (Å²) in [6, 6.07) is 11.3. The van der Waals surface area contributed by atoms with E-state index in [1.807, 2.05) is 18.2 Å². The number of para-hydroxylation sites is 1. The molecule has 2 N–H and O–H groups in total. The number of piperazine rings is 1. The maximum Gasteiger partial charge on any atom is 0.328 e. The van der Waals surface area contributed by atoms with Crippen molar-refractivity contribution < 1.29 is 9.53 Å². The highest BCUT2D eigenvalue weighted by Gasteiger charge is 2.24. The van der Waals surface area contributed by atoms with Gasteiger partial charge < -0.3 is 20.3 Å². The fourth-order valence-electron chi connectivity index (χ4n) is 4.09. The van der Waals surface area contributed by atoms with E-state index in [2.05, 4.69) is 22.5 Å². The molecule has 0 saturated carbocycles. The van der Waals surface area contributed by atoms with Crippen molar-refractivity contribution in [2.45, 2.75) is 13.0 Å². The highest BCUT2D eigenvalue weighted by Crippen LogP contribution is 2.33. The molecule has 1 atom stereocenters. The molecule has 0 radical (unpaired) electrons. The van der Waals surface area contributed by atoms with Crippen molar-refractivity contribution in [1.29, 1.82) is 0 Å². The number of aromatic nitrogens is 2. The largest absolute Gasteiger partial charge is 0.496 e. The first-order valence-electron chi connectivity index (χ1n) is 10.0. The van der Waals surface area contributed by atoms with Crippen molar-refractivity contribution in [3.63, 3.8) is 0 Å². The summed E-state index contributed by atoms with van der Waals surface area (Å²) >= 11 is 0. The molecule has 30 heavy (non-hydrogen) atoms. The highest BCUT2D eigenvalue weighted by molar-refractivity contribution is 6.09. The van der Waals surface area contributed by atoms with Crippen molar-refractivity contribution in [2.75, 3.05) is 37.0 Å². The second kappa shape index (κ2) is 7.87. The van der Waals surface area contributed by atoms with E-state index in [0.717, 1.165) is 36.4 Å². The molecule has 1 saturated heterocycles. The second-order valence-electron chi connectivity index (χ2n) is 7.66. The van der Waals surface area contributed by atoms with E-state index in [-0.39, 0.29) is 17.6 Å². The van der Waals surface area contributed by atoms with Crippen LogP contribution in [0.1, 0.15) is 17.3 Å². The number of carbonyl (C=O) groups is 1. The molecule has 2 aromatic carbocycles. The van der Waals surface area contributed by atoms with Gasteiger partial charge in [0.05, 0.1) is 35.1 Å². The van der Waals surface area contributed by atoms with Crippen LogP contribution >= 0.6 is 0 Å². The SMILES string of the molecule is COc1ccccc1C(=O)Nc1cc2c(cc1N1CCNC[C@H]1C)n(C)c(=O)n2C. The van der Waals surface area contributed by atoms with E-state index in [0.29, 0.717) is 17.0 Å². The van der Waals surface area contributed by atoms with Crippen LogP contribution in [-0.4, -0.2) is 47.8 Å². The summed E-state index contributed by atoms with van der Waals surface area (Å²) in [5, 5.41) is 6.45. The fraction of sp³-hybridized carbons (Fsp3) is 0.364. The van der Waals surface area contributed by atoms with Crippen LogP contribution in [0.2, 0.25) is 0 Å². The number of methoxy groups -OCH3 is 1. The van der Waals surface area contributed by atoms with E-state index in [9.17, 15) is 9.59 Å². The molecule has 3 aromatic rings. The number of anilines is 2. The number of carbonyl (C=O) groups excluding carboxylic acids is 1. The van der Waals surface area contributed by atoms with Gasteiger partial charge in [0.25, 0.3) is 5.91 Å². The third-order valence-corrected chi connectivity index (χ3v) is 5.80. The standard InChI is InChI=1S/C22H27N5O3/c1-14-13-23-9-10-27(14)17-12-19-18(25(2)22(29)26(19)3)11-16(17)24-21(28)15-7-5-6-8-20(15)30-4/h5-8,11-12,14,23H,9-10,13H2,1-4H3,(H,24,28)/t14-/m1/s1. The molecule has 0 bridgehead atoms. The number of ether oxygens (including phenoxy) is 1. The number of rotatable bonds is 4. The zero-order chi connectivity index (χ0) is 21.4. The van der Waals surface area contributed by atoms with Gasteiger partial charge in [0.15, 0.2) is 0 Å². The summed E-state index contributed by atoms with van der Waals surface area (Å²) in [4.78, 5) is 27.9. The van der Waals surface area contributed by atoms with Crippen LogP contribution in [0.4, 0.5) is 11.4 Å². The molecule has 1 aromatic heterocycles. The molecule has 2 heterocycles. The Kier molecular flexibility index (Phi) is 5.26. The van der Waals surface area contributed by atoms with Crippen molar-refractivity contribution in [3.8, 4) is 5.75 Å². The Morgan fingerprint density at radius 1 is 1.17 bits per heavy atom. The summed E-state index contributed by atoms with van der Waals surface area (Å²) in [6.07, 6.45) is 0. The van der Waals surface area contributed by atoms with Gasteiger partial charge in [-0.3, -0.25) is 13.9 Å². The van der Waals surface area contributed by atoms with E-state index < -0.39 is 0 Å². The number of aryl methyl sites for hydroxylation is 2. The van der Waals surface area contributed by atoms with Crippen molar-refractivity contribution in [3.05, 3.63) is 52.4 Å². The number of hydrogen-bond donors (Lipinski definition) is 2. The number of benzene rings is 2. The topological polar surface area (TPSA) is 80.5 Å². The van der Waals surface area contributed by atoms with Crippen LogP contribution in [0, 0.1) is 0 Å². The first-order chi connectivity index (χ1) is 14.4. The second-order valence-corrected chi connectivity index (χ2v) is 7.66. The van der Waals surface area contributed by atoms with Crippen molar-refractivity contribution in [1.82, 2.24) is 14.5 Å². The zero-order valence-electron chi connectivity index (χ0n) is 17.7. The van der Waals surface area contributed by atoms with Gasteiger partial charge in [-0.1, -0.05) is 12.1 Å². The smallest absolute Gasteiger partial charge is 0.328 e. The quantitative estimate of drug-likeness (QED) is 0.688. The molecule has 0 aliphatic carbocycles. The van der Waals surface area contributed by atoms with Gasteiger partial charge in [0.2, 0.25) is 0 Å². The van der Waals surface area contributed by atoms with Gasteiger partial charge in [-0.15, -0.1) is 0 Å². The van der Waals surface area contributed by atoms with Gasteiger partial charge in [-0.2, -0.15) is 0 Å². The van der Waals surface area contributed by atoms with Gasteiger partial charge in [0.1, 0.15) is 5.75 Å². The summed E-state index contributed by atoms with van der Waals surface area (Å²) in [7, 11) is 5.05. The molecule has 158 valence electrons. The van der Waals surface area contributed by atoms with E-state index in [1.54, 1.807) is 48.5 Å². The summed E-state index contributed by atoms with van der Waals surface area (Å²) in [6.45, 7) is 4.67. The molecular weight excluding hydrogens is 382 g/mol. The first kappa shape index (κ1) is 20.0. The monoisotopic (exact) mass is 409 g/mol. The third-order valence-electron chi connectivity index (χ3n) is 5.80. The lowest BCUT2D eigenvalue weighted by atomic mass is 10.1. The van der Waals surface area contributed by atoms with Crippen LogP contribution < -0.4 is 26.0 Å². The molecule has 1 aliphatic heterocycles. The lowest BCUT2D eigenvalue weighted by molar-refractivity contribution is 0.102. The van der Waals surface area contributed by atoms with Gasteiger partial charge in [-0.05, 0) is 31.2 Å². The number of fused-ring (bicyclic) bond motifs is 1. The number of imidazole rings is 1. The van der Waals surface area contributed by atoms with Crippen LogP contribution in [-0.2, 0) is 14.1 Å². The van der Waals surface area contributed by atoms with Gasteiger partial charge in [0, 0.05) is 39.8 Å². The Morgan fingerprint density at radius 3 is 2.57 bits per heavy atom. The van der Waals surface area contributed by atoms with E-state index in [1.165, 1.54) is 0 Å². The van der Waals surface area contributed by atoms with Gasteiger partial charge >= 0.3 is 5.69 Å². The zero-order valence-corrected chi connectivity index (χ0v) is 17.7. The molecule has 8 heteroatoms. The number of nitrogens with zero attached hydrogens (tertiary/aromatic N) is 3. The minimum Gasteiger partial charge on any atom is -0.496 e. The normalized spacial score (nSPS) is 16.7. The maximum absolute atomic E-state index is 13.1. The van der Waals surface area contributed by atoms with Crippen molar-refractivity contribution >= 4 is 28.3 Å². The maximum atomic E-state index is 13.1. The van der Waals surface area contributed by atoms with E-state index in [4.69, 9.17) is 4.74 Å². The number of hydrogen-bond acceptors (Lipinski definition) is 5. The molecule has 0 unspecified atom stereocenters. The van der Waals surface area contributed by atoms with Crippen LogP contribution in [0.3, 0.4) is 0 Å². The lowest BCUT2D eigenvalue weighted by Crippen LogP contribution is -2.50. The summed E-state index contributed by atoms with van der Waals surface area (Å²) < 4.78 is 8.58. The molecule has 1 aliphatic rings. The Hall–Kier alpha value is -3.26. The van der Waals surface area contributed by atoms with E-state index >= 15 is 0 Å². The first-order valence-corrected chi connectivity index (χ1v) is 10.0. The highest BCUT2D eigenvalue weighted by atomic mass is 16.5.